The number of ether oxygens (including phenoxy) is 2. The van der Waals surface area contributed by atoms with Crippen LogP contribution in [0.15, 0.2) is 12.1 Å². The molecule has 0 fully saturated rings. The van der Waals surface area contributed by atoms with E-state index in [9.17, 15) is 4.79 Å². The van der Waals surface area contributed by atoms with Crippen molar-refractivity contribution in [2.45, 2.75) is 6.29 Å². The third kappa shape index (κ3) is 1.98. The summed E-state index contributed by atoms with van der Waals surface area (Å²) in [6.45, 7) is 0.230. The van der Waals surface area contributed by atoms with Gasteiger partial charge in [0, 0.05) is 14.2 Å². The van der Waals surface area contributed by atoms with Crippen LogP contribution in [0.1, 0.15) is 12.0 Å². The van der Waals surface area contributed by atoms with Crippen LogP contribution < -0.4 is 10.6 Å². The topological polar surface area (TPSA) is 72.5 Å². The van der Waals surface area contributed by atoms with E-state index in [2.05, 4.69) is 15.6 Å². The van der Waals surface area contributed by atoms with Crippen LogP contribution in [0.4, 0.5) is 11.5 Å². The summed E-state index contributed by atoms with van der Waals surface area (Å²) >= 11 is 0. The number of methoxy groups -OCH3 is 2. The van der Waals surface area contributed by atoms with Gasteiger partial charge in [0.2, 0.25) is 12.2 Å². The molecule has 86 valence electrons. The highest BCUT2D eigenvalue weighted by Gasteiger charge is 2.18. The van der Waals surface area contributed by atoms with E-state index < -0.39 is 6.29 Å². The summed E-state index contributed by atoms with van der Waals surface area (Å²) in [5.74, 6) is 0.563. The Kier molecular flexibility index (Phi) is 3.02. The summed E-state index contributed by atoms with van der Waals surface area (Å²) in [6.07, 6.45) is -0.496. The molecule has 2 N–H and O–H groups in total. The van der Waals surface area contributed by atoms with E-state index in [-0.39, 0.29) is 12.5 Å². The average Bonchev–Trinajstić information content (AvgIpc) is 2.31. The molecule has 0 bridgehead atoms. The Hall–Kier alpha value is -1.66. The number of rotatable bonds is 3. The molecule has 6 nitrogen and oxygen atoms in total. The van der Waals surface area contributed by atoms with Crippen LogP contribution in [-0.2, 0) is 14.3 Å². The fourth-order valence-corrected chi connectivity index (χ4v) is 1.54. The lowest BCUT2D eigenvalue weighted by Gasteiger charge is -2.20. The molecular weight excluding hydrogens is 210 g/mol. The third-order valence-electron chi connectivity index (χ3n) is 2.28. The van der Waals surface area contributed by atoms with Gasteiger partial charge in [0.25, 0.3) is 0 Å². The monoisotopic (exact) mass is 223 g/mol. The largest absolute Gasteiger partial charge is 0.359 e. The van der Waals surface area contributed by atoms with Crippen molar-refractivity contribution in [3.63, 3.8) is 0 Å². The fraction of sp³-hybridized carbons (Fsp3) is 0.400. The van der Waals surface area contributed by atoms with Crippen LogP contribution in [0, 0.1) is 0 Å². The molecule has 2 heterocycles. The quantitative estimate of drug-likeness (QED) is 0.739. The lowest BCUT2D eigenvalue weighted by molar-refractivity contribution is -0.114. The lowest BCUT2D eigenvalue weighted by Crippen LogP contribution is -2.28. The SMILES string of the molecule is COC(OC)c1ccc2c(n1)NCC(=O)N2. The van der Waals surface area contributed by atoms with Crippen molar-refractivity contribution >= 4 is 17.4 Å². The number of hydrogen-bond acceptors (Lipinski definition) is 5. The molecule has 1 aliphatic heterocycles. The Morgan fingerprint density at radius 2 is 2.12 bits per heavy atom. The van der Waals surface area contributed by atoms with Crippen LogP contribution in [0.2, 0.25) is 0 Å². The van der Waals surface area contributed by atoms with E-state index in [4.69, 9.17) is 9.47 Å². The molecule has 0 aliphatic carbocycles. The van der Waals surface area contributed by atoms with Crippen LogP contribution >= 0.6 is 0 Å². The number of carbonyl (C=O) groups is 1. The Bertz CT molecular complexity index is 404. The van der Waals surface area contributed by atoms with E-state index >= 15 is 0 Å². The van der Waals surface area contributed by atoms with E-state index in [0.29, 0.717) is 17.2 Å². The third-order valence-corrected chi connectivity index (χ3v) is 2.28. The minimum absolute atomic E-state index is 0.0721. The highest BCUT2D eigenvalue weighted by Crippen LogP contribution is 2.25. The summed E-state index contributed by atoms with van der Waals surface area (Å²) < 4.78 is 10.2. The van der Waals surface area contributed by atoms with Gasteiger partial charge < -0.3 is 20.1 Å². The van der Waals surface area contributed by atoms with Crippen molar-refractivity contribution in [1.29, 1.82) is 0 Å². The van der Waals surface area contributed by atoms with Gasteiger partial charge in [0.15, 0.2) is 5.82 Å². The van der Waals surface area contributed by atoms with Crippen molar-refractivity contribution in [2.24, 2.45) is 0 Å². The zero-order chi connectivity index (χ0) is 11.5. The molecule has 1 aromatic heterocycles. The number of pyridine rings is 1. The molecule has 0 saturated carbocycles. The second kappa shape index (κ2) is 4.46. The maximum absolute atomic E-state index is 11.1. The minimum atomic E-state index is -0.496. The normalized spacial score (nSPS) is 14.3. The second-order valence-electron chi connectivity index (χ2n) is 3.34. The van der Waals surface area contributed by atoms with Crippen LogP contribution in [-0.4, -0.2) is 31.7 Å². The lowest BCUT2D eigenvalue weighted by atomic mass is 10.2. The summed E-state index contributed by atoms with van der Waals surface area (Å²) in [6, 6.07) is 3.52. The van der Waals surface area contributed by atoms with E-state index in [1.54, 1.807) is 26.4 Å². The number of carbonyl (C=O) groups excluding carboxylic acids is 1. The number of hydrogen-bond donors (Lipinski definition) is 2. The first kappa shape index (κ1) is 10.8. The molecule has 6 heteroatoms. The smallest absolute Gasteiger partial charge is 0.243 e. The van der Waals surface area contributed by atoms with E-state index in [1.165, 1.54) is 0 Å². The highest BCUT2D eigenvalue weighted by molar-refractivity contribution is 5.99. The first-order valence-corrected chi connectivity index (χ1v) is 4.85. The maximum atomic E-state index is 11.1. The van der Waals surface area contributed by atoms with Gasteiger partial charge >= 0.3 is 0 Å². The Labute approximate surface area is 93.0 Å². The molecule has 0 radical (unpaired) electrons. The van der Waals surface area contributed by atoms with Gasteiger partial charge in [-0.3, -0.25) is 4.79 Å². The summed E-state index contributed by atoms with van der Waals surface area (Å²) in [5.41, 5.74) is 1.33. The van der Waals surface area contributed by atoms with Crippen molar-refractivity contribution in [3.05, 3.63) is 17.8 Å². The average molecular weight is 223 g/mol. The van der Waals surface area contributed by atoms with Crippen molar-refractivity contribution in [2.75, 3.05) is 31.4 Å². The first-order valence-electron chi connectivity index (χ1n) is 4.85. The Morgan fingerprint density at radius 1 is 1.38 bits per heavy atom. The zero-order valence-corrected chi connectivity index (χ0v) is 9.11. The van der Waals surface area contributed by atoms with Gasteiger partial charge in [-0.05, 0) is 12.1 Å². The molecule has 1 aliphatic rings. The van der Waals surface area contributed by atoms with Crippen LogP contribution in [0.25, 0.3) is 0 Å². The zero-order valence-electron chi connectivity index (χ0n) is 9.11. The summed E-state index contributed by atoms with van der Waals surface area (Å²) in [5, 5.41) is 5.64. The van der Waals surface area contributed by atoms with Crippen molar-refractivity contribution < 1.29 is 14.3 Å². The van der Waals surface area contributed by atoms with Crippen molar-refractivity contribution in [1.82, 2.24) is 4.98 Å². The number of amides is 1. The fourth-order valence-electron chi connectivity index (χ4n) is 1.54. The van der Waals surface area contributed by atoms with Gasteiger partial charge in [-0.25, -0.2) is 4.98 Å². The number of anilines is 2. The van der Waals surface area contributed by atoms with E-state index in [1.807, 2.05) is 0 Å². The highest BCUT2D eigenvalue weighted by atomic mass is 16.7. The van der Waals surface area contributed by atoms with Crippen LogP contribution in [0.3, 0.4) is 0 Å². The number of nitrogens with zero attached hydrogens (tertiary/aromatic N) is 1. The van der Waals surface area contributed by atoms with Gasteiger partial charge in [0.1, 0.15) is 0 Å². The predicted octanol–water partition coefficient (Wildman–Crippen LogP) is 0.737. The van der Waals surface area contributed by atoms with E-state index in [0.717, 1.165) is 0 Å². The molecule has 16 heavy (non-hydrogen) atoms. The van der Waals surface area contributed by atoms with Gasteiger partial charge in [-0.1, -0.05) is 0 Å². The molecule has 2 rings (SSSR count). The Morgan fingerprint density at radius 3 is 2.81 bits per heavy atom. The van der Waals surface area contributed by atoms with Crippen LogP contribution in [0.5, 0.6) is 0 Å². The molecule has 0 saturated heterocycles. The molecule has 1 amide bonds. The summed E-state index contributed by atoms with van der Waals surface area (Å²) in [4.78, 5) is 15.4. The predicted molar refractivity (Wildman–Crippen MR) is 58.1 cm³/mol. The molecule has 0 atom stereocenters. The summed E-state index contributed by atoms with van der Waals surface area (Å²) in [7, 11) is 3.09. The Balaban J connectivity index is 2.28. The minimum Gasteiger partial charge on any atom is -0.359 e. The molecule has 0 spiro atoms. The number of nitrogens with one attached hydrogen (secondary N) is 2. The van der Waals surface area contributed by atoms with Gasteiger partial charge in [0.05, 0.1) is 17.9 Å². The number of aromatic nitrogens is 1. The first-order chi connectivity index (χ1) is 7.74. The number of fused-ring (bicyclic) bond motifs is 1. The van der Waals surface area contributed by atoms with Gasteiger partial charge in [-0.2, -0.15) is 0 Å². The molecular formula is C10H13N3O3. The molecule has 1 aromatic rings. The standard InChI is InChI=1S/C10H13N3O3/c1-15-10(16-2)7-4-3-6-9(13-7)11-5-8(14)12-6/h3-4,10H,5H2,1-2H3,(H,11,13)(H,12,14). The second-order valence-corrected chi connectivity index (χ2v) is 3.34. The molecule has 0 aromatic carbocycles. The maximum Gasteiger partial charge on any atom is 0.243 e. The van der Waals surface area contributed by atoms with Crippen molar-refractivity contribution in [3.8, 4) is 0 Å². The molecule has 0 unspecified atom stereocenters. The van der Waals surface area contributed by atoms with Gasteiger partial charge in [-0.15, -0.1) is 0 Å².